The van der Waals surface area contributed by atoms with Gasteiger partial charge >= 0.3 is 0 Å². The molecule has 1 aromatic carbocycles. The van der Waals surface area contributed by atoms with Crippen LogP contribution in [-0.2, 0) is 6.54 Å². The lowest BCUT2D eigenvalue weighted by Crippen LogP contribution is -2.42. The first-order valence-electron chi connectivity index (χ1n) is 9.28. The highest BCUT2D eigenvalue weighted by Crippen LogP contribution is 2.19. The summed E-state index contributed by atoms with van der Waals surface area (Å²) < 4.78 is 2.05. The smallest absolute Gasteiger partial charge is 0.191 e. The molecule has 1 atom stereocenters. The molecule has 0 aliphatic rings. The molecule has 6 nitrogen and oxygen atoms in total. The van der Waals surface area contributed by atoms with Crippen LogP contribution in [0.25, 0.3) is 0 Å². The number of nitrogens with zero attached hydrogens (tertiary/aromatic N) is 4. The molecule has 1 unspecified atom stereocenters. The van der Waals surface area contributed by atoms with Crippen molar-refractivity contribution in [3.05, 3.63) is 52.3 Å². The van der Waals surface area contributed by atoms with Crippen LogP contribution in [-0.4, -0.2) is 54.9 Å². The molecule has 0 radical (unpaired) electrons. The Balaban J connectivity index is 1.81. The van der Waals surface area contributed by atoms with Gasteiger partial charge in [-0.2, -0.15) is 5.10 Å². The number of likely N-dealkylation sites (N-methyl/N-ethyl adjacent to an activating group) is 1. The van der Waals surface area contributed by atoms with Gasteiger partial charge in [0.2, 0.25) is 0 Å². The van der Waals surface area contributed by atoms with Crippen LogP contribution in [0.15, 0.2) is 35.3 Å². The van der Waals surface area contributed by atoms with Crippen molar-refractivity contribution in [1.82, 2.24) is 25.3 Å². The Morgan fingerprint density at radius 3 is 2.48 bits per heavy atom. The Bertz CT molecular complexity index is 735. The van der Waals surface area contributed by atoms with Crippen LogP contribution in [0, 0.1) is 13.8 Å². The predicted molar refractivity (Wildman–Crippen MR) is 114 cm³/mol. The van der Waals surface area contributed by atoms with E-state index in [1.807, 2.05) is 19.1 Å². The number of hydrogen-bond donors (Lipinski definition) is 2. The molecule has 0 amide bonds. The fraction of sp³-hybridized carbons (Fsp3) is 0.500. The van der Waals surface area contributed by atoms with Crippen LogP contribution < -0.4 is 10.6 Å². The lowest BCUT2D eigenvalue weighted by atomic mass is 10.1. The van der Waals surface area contributed by atoms with Crippen molar-refractivity contribution in [3.63, 3.8) is 0 Å². The molecule has 0 fully saturated rings. The summed E-state index contributed by atoms with van der Waals surface area (Å²) in [5.41, 5.74) is 3.48. The van der Waals surface area contributed by atoms with E-state index in [-0.39, 0.29) is 6.04 Å². The number of halogens is 1. The Labute approximate surface area is 167 Å². The van der Waals surface area contributed by atoms with Gasteiger partial charge in [0, 0.05) is 37.4 Å². The summed E-state index contributed by atoms with van der Waals surface area (Å²) in [6.07, 6.45) is 0.983. The number of aliphatic imine (C=N–C) groups is 1. The largest absolute Gasteiger partial charge is 0.356 e. The Hall–Kier alpha value is -2.05. The van der Waals surface area contributed by atoms with E-state index in [0.717, 1.165) is 42.7 Å². The van der Waals surface area contributed by atoms with E-state index in [0.29, 0.717) is 0 Å². The lowest BCUT2D eigenvalue weighted by Gasteiger charge is -2.26. The molecule has 0 aliphatic heterocycles. The highest BCUT2D eigenvalue weighted by molar-refractivity contribution is 6.30. The van der Waals surface area contributed by atoms with Gasteiger partial charge in [-0.05, 0) is 58.1 Å². The van der Waals surface area contributed by atoms with Gasteiger partial charge in [-0.3, -0.25) is 9.67 Å². The maximum atomic E-state index is 6.01. The summed E-state index contributed by atoms with van der Waals surface area (Å²) >= 11 is 6.01. The van der Waals surface area contributed by atoms with E-state index in [2.05, 4.69) is 69.5 Å². The summed E-state index contributed by atoms with van der Waals surface area (Å²) in [6.45, 7) is 6.60. The van der Waals surface area contributed by atoms with Crippen LogP contribution >= 0.6 is 11.6 Å². The van der Waals surface area contributed by atoms with Crippen molar-refractivity contribution in [2.24, 2.45) is 4.99 Å². The van der Waals surface area contributed by atoms with Gasteiger partial charge in [0.1, 0.15) is 0 Å². The average Bonchev–Trinajstić information content (AvgIpc) is 2.95. The summed E-state index contributed by atoms with van der Waals surface area (Å²) in [6, 6.07) is 10.3. The predicted octanol–water partition coefficient (Wildman–Crippen LogP) is 3.01. The van der Waals surface area contributed by atoms with Crippen molar-refractivity contribution < 1.29 is 0 Å². The number of benzene rings is 1. The van der Waals surface area contributed by atoms with Gasteiger partial charge in [0.15, 0.2) is 5.96 Å². The van der Waals surface area contributed by atoms with Crippen LogP contribution in [0.1, 0.15) is 29.4 Å². The normalized spacial score (nSPS) is 13.1. The van der Waals surface area contributed by atoms with Crippen molar-refractivity contribution >= 4 is 17.6 Å². The minimum atomic E-state index is 0.232. The third kappa shape index (κ3) is 6.56. The summed E-state index contributed by atoms with van der Waals surface area (Å²) in [5, 5.41) is 12.0. The molecule has 0 aliphatic carbocycles. The third-order valence-corrected chi connectivity index (χ3v) is 4.76. The molecule has 0 saturated carbocycles. The fourth-order valence-corrected chi connectivity index (χ4v) is 3.16. The monoisotopic (exact) mass is 390 g/mol. The lowest BCUT2D eigenvalue weighted by molar-refractivity contribution is 0.298. The number of guanidine groups is 1. The van der Waals surface area contributed by atoms with Crippen LogP contribution in [0.2, 0.25) is 5.02 Å². The second kappa shape index (κ2) is 10.3. The SMILES string of the molecule is CN=C(NCCCn1nc(C)cc1C)NCC(c1ccc(Cl)cc1)N(C)C. The number of rotatable bonds is 8. The van der Waals surface area contributed by atoms with E-state index < -0.39 is 0 Å². The van der Waals surface area contributed by atoms with E-state index in [4.69, 9.17) is 11.6 Å². The zero-order chi connectivity index (χ0) is 19.8. The first-order valence-corrected chi connectivity index (χ1v) is 9.66. The van der Waals surface area contributed by atoms with Crippen molar-refractivity contribution in [2.45, 2.75) is 32.9 Å². The second-order valence-electron chi connectivity index (χ2n) is 6.91. The number of aryl methyl sites for hydroxylation is 3. The maximum Gasteiger partial charge on any atom is 0.191 e. The topological polar surface area (TPSA) is 57.5 Å². The van der Waals surface area contributed by atoms with Gasteiger partial charge in [0.25, 0.3) is 0 Å². The maximum absolute atomic E-state index is 6.01. The van der Waals surface area contributed by atoms with Gasteiger partial charge in [-0.15, -0.1) is 0 Å². The van der Waals surface area contributed by atoms with E-state index in [1.165, 1.54) is 11.3 Å². The standard InChI is InChI=1S/C20H31ClN6/c1-15-13-16(2)27(25-15)12-6-11-23-20(22-3)24-14-19(26(4)5)17-7-9-18(21)10-8-17/h7-10,13,19H,6,11-12,14H2,1-5H3,(H2,22,23,24). The van der Waals surface area contributed by atoms with Gasteiger partial charge in [-0.1, -0.05) is 23.7 Å². The van der Waals surface area contributed by atoms with Crippen molar-refractivity contribution in [3.8, 4) is 0 Å². The third-order valence-electron chi connectivity index (χ3n) is 4.51. The van der Waals surface area contributed by atoms with E-state index in [9.17, 15) is 0 Å². The first kappa shape index (κ1) is 21.3. The molecule has 0 spiro atoms. The Morgan fingerprint density at radius 2 is 1.93 bits per heavy atom. The zero-order valence-corrected chi connectivity index (χ0v) is 17.7. The second-order valence-corrected chi connectivity index (χ2v) is 7.35. The molecule has 7 heteroatoms. The van der Waals surface area contributed by atoms with Gasteiger partial charge in [0.05, 0.1) is 11.7 Å². The Morgan fingerprint density at radius 1 is 1.22 bits per heavy atom. The molecule has 2 aromatic rings. The molecule has 148 valence electrons. The molecule has 1 heterocycles. The fourth-order valence-electron chi connectivity index (χ4n) is 3.03. The van der Waals surface area contributed by atoms with E-state index >= 15 is 0 Å². The number of nitrogens with one attached hydrogen (secondary N) is 2. The highest BCUT2D eigenvalue weighted by Gasteiger charge is 2.14. The van der Waals surface area contributed by atoms with Crippen molar-refractivity contribution in [1.29, 1.82) is 0 Å². The molecular formula is C20H31ClN6. The van der Waals surface area contributed by atoms with Crippen molar-refractivity contribution in [2.75, 3.05) is 34.2 Å². The zero-order valence-electron chi connectivity index (χ0n) is 17.0. The Kier molecular flexibility index (Phi) is 8.13. The molecule has 27 heavy (non-hydrogen) atoms. The van der Waals surface area contributed by atoms with Crippen LogP contribution in [0.3, 0.4) is 0 Å². The first-order chi connectivity index (χ1) is 12.9. The van der Waals surface area contributed by atoms with E-state index in [1.54, 1.807) is 7.05 Å². The molecule has 2 N–H and O–H groups in total. The average molecular weight is 391 g/mol. The quantitative estimate of drug-likeness (QED) is 0.413. The number of aromatic nitrogens is 2. The van der Waals surface area contributed by atoms with Gasteiger partial charge in [-0.25, -0.2) is 0 Å². The molecule has 0 saturated heterocycles. The van der Waals surface area contributed by atoms with Crippen LogP contribution in [0.4, 0.5) is 0 Å². The molecule has 2 rings (SSSR count). The van der Waals surface area contributed by atoms with Gasteiger partial charge < -0.3 is 15.5 Å². The molecular weight excluding hydrogens is 360 g/mol. The minimum absolute atomic E-state index is 0.232. The highest BCUT2D eigenvalue weighted by atomic mass is 35.5. The summed E-state index contributed by atoms with van der Waals surface area (Å²) in [4.78, 5) is 6.51. The summed E-state index contributed by atoms with van der Waals surface area (Å²) in [5.74, 6) is 0.809. The molecule has 1 aromatic heterocycles. The van der Waals surface area contributed by atoms with Crippen LogP contribution in [0.5, 0.6) is 0 Å². The number of hydrogen-bond acceptors (Lipinski definition) is 3. The summed E-state index contributed by atoms with van der Waals surface area (Å²) in [7, 11) is 5.94. The minimum Gasteiger partial charge on any atom is -0.356 e. The molecule has 0 bridgehead atoms.